The molecule has 1 aromatic heterocycles. The highest BCUT2D eigenvalue weighted by Crippen LogP contribution is 2.15. The number of aromatic nitrogens is 2. The zero-order chi connectivity index (χ0) is 19.3. The first-order valence-corrected chi connectivity index (χ1v) is 9.95. The number of para-hydroxylation sites is 1. The van der Waals surface area contributed by atoms with Crippen molar-refractivity contribution in [3.8, 4) is 5.75 Å². The van der Waals surface area contributed by atoms with Crippen molar-refractivity contribution in [1.29, 1.82) is 0 Å². The van der Waals surface area contributed by atoms with Crippen molar-refractivity contribution in [3.05, 3.63) is 70.9 Å². The molecule has 1 aliphatic heterocycles. The summed E-state index contributed by atoms with van der Waals surface area (Å²) in [4.78, 5) is 4.34. The summed E-state index contributed by atoms with van der Waals surface area (Å²) in [5.74, 6) is 1.49. The van der Waals surface area contributed by atoms with E-state index >= 15 is 0 Å². The summed E-state index contributed by atoms with van der Waals surface area (Å²) in [5.41, 5.74) is 2.41. The van der Waals surface area contributed by atoms with Crippen LogP contribution in [0, 0.1) is 4.84 Å². The average Bonchev–Trinajstić information content (AvgIpc) is 3.08. The minimum atomic E-state index is 0.446. The maximum Gasteiger partial charge on any atom is 0.291 e. The molecule has 1 aliphatic rings. The van der Waals surface area contributed by atoms with Gasteiger partial charge in [0, 0.05) is 5.69 Å². The molecule has 2 aromatic carbocycles. The molecule has 1 N–H and O–H groups in total. The molecule has 0 radical (unpaired) electrons. The van der Waals surface area contributed by atoms with Crippen LogP contribution >= 0.6 is 12.2 Å². The van der Waals surface area contributed by atoms with E-state index in [0.29, 0.717) is 17.1 Å². The summed E-state index contributed by atoms with van der Waals surface area (Å²) >= 11 is 5.39. The van der Waals surface area contributed by atoms with Crippen molar-refractivity contribution in [1.82, 2.24) is 9.78 Å². The number of nitrogens with zero attached hydrogens (tertiary/aromatic N) is 3. The second-order valence-corrected chi connectivity index (χ2v) is 7.37. The van der Waals surface area contributed by atoms with E-state index in [1.807, 2.05) is 28.9 Å². The maximum absolute atomic E-state index is 5.72. The first kappa shape index (κ1) is 18.7. The quantitative estimate of drug-likeness (QED) is 0.646. The van der Waals surface area contributed by atoms with Gasteiger partial charge in [0.05, 0.1) is 39.7 Å². The maximum atomic E-state index is 5.72. The molecule has 1 fully saturated rings. The largest absolute Gasteiger partial charge is 0.497 e. The van der Waals surface area contributed by atoms with E-state index in [4.69, 9.17) is 21.4 Å². The van der Waals surface area contributed by atoms with E-state index in [9.17, 15) is 0 Å². The fourth-order valence-corrected chi connectivity index (χ4v) is 3.73. The van der Waals surface area contributed by atoms with Crippen LogP contribution in [0.2, 0.25) is 0 Å². The molecule has 3 aromatic rings. The predicted molar refractivity (Wildman–Crippen MR) is 110 cm³/mol. The van der Waals surface area contributed by atoms with Gasteiger partial charge in [0.1, 0.15) is 5.75 Å². The van der Waals surface area contributed by atoms with Gasteiger partial charge in [0.25, 0.3) is 4.84 Å². The van der Waals surface area contributed by atoms with Crippen LogP contribution in [0.3, 0.4) is 0 Å². The summed E-state index contributed by atoms with van der Waals surface area (Å²) < 4.78 is 12.7. The van der Waals surface area contributed by atoms with Crippen LogP contribution in [0.1, 0.15) is 11.5 Å². The number of methoxy groups -OCH3 is 1. The Morgan fingerprint density at radius 3 is 2.46 bits per heavy atom. The van der Waals surface area contributed by atoms with Crippen LogP contribution in [0.25, 0.3) is 0 Å². The lowest BCUT2D eigenvalue weighted by atomic mass is 10.1. The molecular weight excluding hydrogens is 372 g/mol. The molecule has 7 heteroatoms. The summed E-state index contributed by atoms with van der Waals surface area (Å²) in [5, 5.41) is 4.60. The molecule has 2 heterocycles. The van der Waals surface area contributed by atoms with E-state index in [-0.39, 0.29) is 0 Å². The molecule has 0 bridgehead atoms. The standard InChI is InChI=1S/C21H24N4O2S/c1-26-19-9-7-17(8-10-19)15-20-22-25(21(28)27-20)16-23-11-13-24(14-12-23)18-5-3-2-4-6-18/h2-10H,11-16H2,1H3/p+1. The molecular formula is C21H25N4O2S+. The molecule has 4 rings (SSSR count). The van der Waals surface area contributed by atoms with Crippen molar-refractivity contribution >= 4 is 17.9 Å². The van der Waals surface area contributed by atoms with Gasteiger partial charge < -0.3 is 19.0 Å². The van der Waals surface area contributed by atoms with Gasteiger partial charge in [-0.3, -0.25) is 0 Å². The Balaban J connectivity index is 1.35. The van der Waals surface area contributed by atoms with Crippen molar-refractivity contribution in [2.24, 2.45) is 0 Å². The third-order valence-corrected chi connectivity index (χ3v) is 5.42. The van der Waals surface area contributed by atoms with Crippen LogP contribution in [0.4, 0.5) is 5.69 Å². The lowest BCUT2D eigenvalue weighted by Crippen LogP contribution is -3.14. The third-order valence-electron chi connectivity index (χ3n) is 5.13. The molecule has 146 valence electrons. The van der Waals surface area contributed by atoms with Crippen LogP contribution < -0.4 is 14.5 Å². The molecule has 0 unspecified atom stereocenters. The van der Waals surface area contributed by atoms with Gasteiger partial charge in [0.2, 0.25) is 5.89 Å². The molecule has 6 nitrogen and oxygen atoms in total. The van der Waals surface area contributed by atoms with E-state index in [1.165, 1.54) is 10.6 Å². The van der Waals surface area contributed by atoms with Crippen molar-refractivity contribution in [2.45, 2.75) is 13.1 Å². The van der Waals surface area contributed by atoms with Gasteiger partial charge in [-0.2, -0.15) is 4.68 Å². The number of quaternary nitrogens is 1. The predicted octanol–water partition coefficient (Wildman–Crippen LogP) is 2.17. The Morgan fingerprint density at radius 2 is 1.79 bits per heavy atom. The molecule has 0 spiro atoms. The van der Waals surface area contributed by atoms with Crippen LogP contribution in [-0.2, 0) is 13.1 Å². The first-order valence-electron chi connectivity index (χ1n) is 9.54. The van der Waals surface area contributed by atoms with Gasteiger partial charge in [-0.25, -0.2) is 0 Å². The summed E-state index contributed by atoms with van der Waals surface area (Å²) in [6.07, 6.45) is 0.623. The fraction of sp³-hybridized carbons (Fsp3) is 0.333. The Hall–Kier alpha value is -2.64. The monoisotopic (exact) mass is 397 g/mol. The van der Waals surface area contributed by atoms with Crippen molar-refractivity contribution < 1.29 is 14.1 Å². The Morgan fingerprint density at radius 1 is 1.07 bits per heavy atom. The minimum absolute atomic E-state index is 0.446. The number of benzene rings is 2. The van der Waals surface area contributed by atoms with E-state index < -0.39 is 0 Å². The molecule has 0 amide bonds. The topological polar surface area (TPSA) is 47.9 Å². The van der Waals surface area contributed by atoms with Crippen molar-refractivity contribution in [3.63, 3.8) is 0 Å². The molecule has 28 heavy (non-hydrogen) atoms. The number of piperazine rings is 1. The summed E-state index contributed by atoms with van der Waals surface area (Å²) in [7, 11) is 1.66. The van der Waals surface area contributed by atoms with Gasteiger partial charge >= 0.3 is 0 Å². The SMILES string of the molecule is COc1ccc(Cc2nn(C[NH+]3CCN(c4ccccc4)CC3)c(=S)o2)cc1. The smallest absolute Gasteiger partial charge is 0.291 e. The molecule has 0 aliphatic carbocycles. The zero-order valence-electron chi connectivity index (χ0n) is 16.0. The third kappa shape index (κ3) is 4.43. The number of nitrogens with one attached hydrogen (secondary N) is 1. The van der Waals surface area contributed by atoms with E-state index in [1.54, 1.807) is 7.11 Å². The van der Waals surface area contributed by atoms with Crippen LogP contribution in [0.5, 0.6) is 5.75 Å². The van der Waals surface area contributed by atoms with Gasteiger partial charge in [-0.05, 0) is 42.0 Å². The lowest BCUT2D eigenvalue weighted by Gasteiger charge is -2.33. The number of hydrogen-bond donors (Lipinski definition) is 1. The van der Waals surface area contributed by atoms with Crippen LogP contribution in [0.15, 0.2) is 59.0 Å². The summed E-state index contributed by atoms with van der Waals surface area (Å²) in [6, 6.07) is 18.5. The number of ether oxygens (including phenoxy) is 1. The Labute approximate surface area is 169 Å². The lowest BCUT2D eigenvalue weighted by molar-refractivity contribution is -0.924. The Kier molecular flexibility index (Phi) is 5.73. The molecule has 1 saturated heterocycles. The van der Waals surface area contributed by atoms with E-state index in [2.05, 4.69) is 40.3 Å². The van der Waals surface area contributed by atoms with Gasteiger partial charge in [-0.1, -0.05) is 30.3 Å². The van der Waals surface area contributed by atoms with Crippen LogP contribution in [-0.4, -0.2) is 43.1 Å². The Bertz CT molecular complexity index is 945. The highest BCUT2D eigenvalue weighted by atomic mass is 32.1. The normalized spacial score (nSPS) is 15.0. The van der Waals surface area contributed by atoms with Crippen molar-refractivity contribution in [2.75, 3.05) is 38.2 Å². The second-order valence-electron chi connectivity index (χ2n) is 7.02. The summed E-state index contributed by atoms with van der Waals surface area (Å²) in [6.45, 7) is 4.91. The number of rotatable bonds is 6. The van der Waals surface area contributed by atoms with Gasteiger partial charge in [-0.15, -0.1) is 5.10 Å². The molecule has 0 saturated carbocycles. The average molecular weight is 398 g/mol. The minimum Gasteiger partial charge on any atom is -0.497 e. The number of hydrogen-bond acceptors (Lipinski definition) is 5. The first-order chi connectivity index (χ1) is 13.7. The second kappa shape index (κ2) is 8.58. The van der Waals surface area contributed by atoms with Gasteiger partial charge in [0.15, 0.2) is 6.67 Å². The van der Waals surface area contributed by atoms with E-state index in [0.717, 1.165) is 44.2 Å². The highest BCUT2D eigenvalue weighted by molar-refractivity contribution is 7.71. The molecule has 0 atom stereocenters. The number of anilines is 1. The fourth-order valence-electron chi connectivity index (χ4n) is 3.53. The highest BCUT2D eigenvalue weighted by Gasteiger charge is 2.21. The zero-order valence-corrected chi connectivity index (χ0v) is 16.8.